The van der Waals surface area contributed by atoms with E-state index < -0.39 is 27.2 Å². The van der Waals surface area contributed by atoms with Gasteiger partial charge in [-0.25, -0.2) is 29.5 Å². The van der Waals surface area contributed by atoms with Crippen LogP contribution in [0.1, 0.15) is 98.6 Å². The first-order valence-electron chi connectivity index (χ1n) is 30.3. The molecule has 18 nitrogen and oxygen atoms in total. The molecule has 2 aliphatic carbocycles. The number of nitrogens with one attached hydrogen (secondary N) is 4. The van der Waals surface area contributed by atoms with Crippen molar-refractivity contribution in [1.82, 2.24) is 39.7 Å². The number of anilines is 4. The van der Waals surface area contributed by atoms with Gasteiger partial charge >= 0.3 is 12.2 Å². The van der Waals surface area contributed by atoms with Gasteiger partial charge in [0.15, 0.2) is 18.7 Å². The van der Waals surface area contributed by atoms with Crippen molar-refractivity contribution < 1.29 is 44.4 Å². The first kappa shape index (κ1) is 69.1. The van der Waals surface area contributed by atoms with Crippen molar-refractivity contribution in [3.05, 3.63) is 223 Å². The predicted octanol–water partition coefficient (Wildman–Crippen LogP) is 17.0. The second-order valence-corrected chi connectivity index (χ2v) is 24.5. The number of carbonyl (C=O) groups excluding carboxylic acids is 2. The molecular weight excluding hydrogens is 1260 g/mol. The molecule has 0 unspecified atom stereocenters. The van der Waals surface area contributed by atoms with Crippen molar-refractivity contribution >= 4 is 35.2 Å². The summed E-state index contributed by atoms with van der Waals surface area (Å²) in [6.45, 7) is 11.3. The molecule has 14 rings (SSSR count). The molecule has 2 fully saturated rings. The average Bonchev–Trinajstić information content (AvgIpc) is 1.09. The predicted molar refractivity (Wildman–Crippen MR) is 368 cm³/mol. The molecule has 0 bridgehead atoms. The molecule has 6 N–H and O–H groups in total. The van der Waals surface area contributed by atoms with Crippen molar-refractivity contribution in [3.63, 3.8) is 0 Å². The minimum Gasteiger partial charge on any atom is -0.444 e. The van der Waals surface area contributed by atoms with Crippen LogP contribution in [0.5, 0.6) is 0 Å². The van der Waals surface area contributed by atoms with Crippen LogP contribution in [-0.4, -0.2) is 71.5 Å². The number of hydrogen-bond donors (Lipinski definition) is 5. The number of aromatic nitrogens is 6. The van der Waals surface area contributed by atoms with Gasteiger partial charge in [0.1, 0.15) is 22.9 Å². The van der Waals surface area contributed by atoms with Crippen LogP contribution < -0.4 is 27.0 Å². The van der Waals surface area contributed by atoms with E-state index in [-0.39, 0.29) is 47.5 Å². The number of alkyl carbamates (subject to hydrolysis) is 2. The smallest absolute Gasteiger partial charge is 0.408 e. The Hall–Kier alpha value is -9.80. The number of hydrogen-bond acceptors (Lipinski definition) is 13. The third-order valence-corrected chi connectivity index (χ3v) is 16.1. The zero-order valence-corrected chi connectivity index (χ0v) is 54.7. The van der Waals surface area contributed by atoms with Gasteiger partial charge < -0.3 is 43.9 Å². The minimum absolute atomic E-state index is 0. The molecule has 484 valence electrons. The van der Waals surface area contributed by atoms with E-state index in [1.807, 2.05) is 114 Å². The average molecular weight is 1340 g/mol. The fourth-order valence-electron chi connectivity index (χ4n) is 11.9. The summed E-state index contributed by atoms with van der Waals surface area (Å²) in [5, 5.41) is 22.2. The number of nitro groups is 1. The van der Waals surface area contributed by atoms with E-state index in [2.05, 4.69) is 145 Å². The standard InChI is InChI=1S/2C35H33N5O2.CH3NO2.CH5N.CH4.CH3.Pd/c2*1-34(2,3)42-33(41)39-35(20-10-21-35)25-18-16-24(17-19-25)30-29(23-11-5-4-6-12-23)38-32-26-13-7-8-14-27(26)37-31-28(40(30)32)15-9-22-36-31;1-2(3)4;1-2;;;/h2*4-9,11-19,22H,10,20-21H2,1-3H3,(H,36,37)(H,39,41);1H3;2H2,1H3;1H4;1H3;/q;;;;;-1;. The number of benzene rings is 6. The minimum atomic E-state index is -0.550. The van der Waals surface area contributed by atoms with E-state index in [1.165, 1.54) is 7.05 Å². The van der Waals surface area contributed by atoms with Crippen LogP contribution >= 0.6 is 0 Å². The molecule has 0 atom stereocenters. The van der Waals surface area contributed by atoms with E-state index in [1.54, 1.807) is 12.4 Å². The number of carbonyl (C=O) groups is 2. The molecule has 2 amide bonds. The van der Waals surface area contributed by atoms with Crippen LogP contribution in [0.4, 0.5) is 32.6 Å². The number of amides is 2. The normalized spacial score (nSPS) is 13.6. The molecule has 0 radical (unpaired) electrons. The number of ether oxygens (including phenoxy) is 2. The first-order valence-corrected chi connectivity index (χ1v) is 30.3. The summed E-state index contributed by atoms with van der Waals surface area (Å²) in [5.74, 6) is 3.25. The van der Waals surface area contributed by atoms with Crippen LogP contribution in [-0.2, 0) is 41.0 Å². The molecule has 0 saturated heterocycles. The maximum Gasteiger partial charge on any atom is 0.408 e. The Morgan fingerprint density at radius 1 is 0.527 bits per heavy atom. The van der Waals surface area contributed by atoms with Gasteiger partial charge in [0.2, 0.25) is 0 Å². The van der Waals surface area contributed by atoms with Crippen LogP contribution in [0.2, 0.25) is 0 Å². The summed E-state index contributed by atoms with van der Waals surface area (Å²) in [6.07, 6.45) is 8.48. The summed E-state index contributed by atoms with van der Waals surface area (Å²) in [5.41, 5.74) is 18.4. The van der Waals surface area contributed by atoms with Gasteiger partial charge in [-0.05, 0) is 147 Å². The summed E-state index contributed by atoms with van der Waals surface area (Å²) < 4.78 is 15.6. The number of fused-ring (bicyclic) bond motifs is 10. The van der Waals surface area contributed by atoms with Gasteiger partial charge in [-0.3, -0.25) is 19.2 Å². The van der Waals surface area contributed by atoms with Crippen molar-refractivity contribution in [1.29, 1.82) is 0 Å². The zero-order chi connectivity index (χ0) is 63.4. The Morgan fingerprint density at radius 2 is 0.860 bits per heavy atom. The second-order valence-electron chi connectivity index (χ2n) is 24.5. The van der Waals surface area contributed by atoms with Crippen LogP contribution in [0.25, 0.3) is 79.2 Å². The number of imidazole rings is 2. The van der Waals surface area contributed by atoms with Crippen molar-refractivity contribution in [2.24, 2.45) is 5.73 Å². The van der Waals surface area contributed by atoms with Gasteiger partial charge in [-0.15, -0.1) is 0 Å². The van der Waals surface area contributed by atoms with Crippen molar-refractivity contribution in [2.75, 3.05) is 24.7 Å². The molecule has 10 aromatic rings. The van der Waals surface area contributed by atoms with E-state index in [9.17, 15) is 9.59 Å². The van der Waals surface area contributed by atoms with Crippen molar-refractivity contribution in [2.45, 2.75) is 110 Å². The molecule has 93 heavy (non-hydrogen) atoms. The van der Waals surface area contributed by atoms with E-state index in [4.69, 9.17) is 39.5 Å². The monoisotopic (exact) mass is 1340 g/mol. The fraction of sp³-hybridized carbons (Fsp3) is 0.257. The summed E-state index contributed by atoms with van der Waals surface area (Å²) in [4.78, 5) is 53.8. The summed E-state index contributed by atoms with van der Waals surface area (Å²) in [6, 6.07) is 62.2. The number of nitrogens with zero attached hydrogens (tertiary/aromatic N) is 7. The molecule has 4 aliphatic rings. The topological polar surface area (TPSA) is 231 Å². The molecule has 19 heteroatoms. The fourth-order valence-corrected chi connectivity index (χ4v) is 11.9. The number of nitrogens with two attached hydrogens (primary N) is 1. The third kappa shape index (κ3) is 14.6. The van der Waals surface area contributed by atoms with Crippen LogP contribution in [0.3, 0.4) is 0 Å². The Kier molecular flexibility index (Phi) is 21.4. The Labute approximate surface area is 558 Å². The zero-order valence-electron chi connectivity index (χ0n) is 53.2. The summed E-state index contributed by atoms with van der Waals surface area (Å²) >= 11 is 0. The van der Waals surface area contributed by atoms with E-state index in [0.717, 1.165) is 159 Å². The molecular formula is C74H81N12O6Pd-. The maximum atomic E-state index is 12.7. The van der Waals surface area contributed by atoms with Gasteiger partial charge in [0.05, 0.1) is 56.6 Å². The van der Waals surface area contributed by atoms with E-state index in [0.29, 0.717) is 0 Å². The van der Waals surface area contributed by atoms with E-state index >= 15 is 0 Å². The summed E-state index contributed by atoms with van der Waals surface area (Å²) in [7, 11) is 2.39. The Bertz CT molecular complexity index is 3960. The van der Waals surface area contributed by atoms with Gasteiger partial charge in [-0.1, -0.05) is 141 Å². The third-order valence-electron chi connectivity index (χ3n) is 16.1. The quantitative estimate of drug-likeness (QED) is 0.0413. The SMILES string of the molecule is C.CC(C)(C)OC(=O)NC1(c2ccc(-c3c(-c4ccccc4)nc4n3-c3cccnc3Nc3ccccc3-4)cc2)CCC1.CC(C)(C)OC(=O)NC1(c2ccc(-c3c(-c4ccccc4)nc4n3-c3cccnc3Nc3ccccc3-4)cc2)CCC1.CN.C[N+](=O)[O-].[CH3-].[Pd]. The molecule has 2 saturated carbocycles. The maximum absolute atomic E-state index is 12.7. The Morgan fingerprint density at radius 3 is 1.18 bits per heavy atom. The van der Waals surface area contributed by atoms with Gasteiger partial charge in [0.25, 0.3) is 0 Å². The van der Waals surface area contributed by atoms with Crippen LogP contribution in [0, 0.1) is 17.5 Å². The van der Waals surface area contributed by atoms with Gasteiger partial charge in [-0.2, -0.15) is 0 Å². The number of pyridine rings is 2. The molecule has 6 heterocycles. The number of para-hydroxylation sites is 2. The van der Waals surface area contributed by atoms with Crippen molar-refractivity contribution in [3.8, 4) is 79.2 Å². The van der Waals surface area contributed by atoms with Crippen LogP contribution in [0.15, 0.2) is 194 Å². The van der Waals surface area contributed by atoms with Gasteiger partial charge in [0, 0.05) is 71.1 Å². The first-order chi connectivity index (χ1) is 43.4. The Balaban J connectivity index is 0.000000214. The molecule has 2 aliphatic heterocycles. The second kappa shape index (κ2) is 28.8. The molecule has 0 spiro atoms. The molecule has 4 aromatic heterocycles. The largest absolute Gasteiger partial charge is 0.444 e. The molecule has 6 aromatic carbocycles. The number of rotatable bonds is 8.